The summed E-state index contributed by atoms with van der Waals surface area (Å²) in [6.07, 6.45) is 0.322. The summed E-state index contributed by atoms with van der Waals surface area (Å²) >= 11 is 1.59. The number of fused-ring (bicyclic) bond motifs is 1. The largest absolute Gasteiger partial charge is 0.494 e. The molecule has 46 heavy (non-hydrogen) atoms. The van der Waals surface area contributed by atoms with Crippen LogP contribution >= 0.6 is 11.3 Å². The van der Waals surface area contributed by atoms with Gasteiger partial charge in [0.1, 0.15) is 5.75 Å². The first-order valence-electron chi connectivity index (χ1n) is 15.6. The van der Waals surface area contributed by atoms with E-state index in [1.165, 1.54) is 0 Å². The third kappa shape index (κ3) is 5.94. The number of benzene rings is 4. The molecule has 2 aliphatic rings. The van der Waals surface area contributed by atoms with Gasteiger partial charge in [0.15, 0.2) is 11.6 Å². The second kappa shape index (κ2) is 12.9. The molecule has 232 valence electrons. The smallest absolute Gasteiger partial charge is 0.255 e. The van der Waals surface area contributed by atoms with Gasteiger partial charge in [-0.05, 0) is 59.0 Å². The van der Waals surface area contributed by atoms with Crippen molar-refractivity contribution in [1.82, 2.24) is 9.88 Å². The molecule has 0 aliphatic carbocycles. The highest BCUT2D eigenvalue weighted by Crippen LogP contribution is 2.46. The molecule has 0 bridgehead atoms. The number of hydrogen-bond donors (Lipinski definition) is 1. The SMILES string of the molecule is Cc1nc(CN2Cc3ccccc3C[C@@]3(N=C(c4ccc(OCCCO)cc4)O[C@H]3c3ccc(-c4ccccc4)cc3)C2=O)cs1. The molecule has 2 aliphatic heterocycles. The van der Waals surface area contributed by atoms with Gasteiger partial charge >= 0.3 is 0 Å². The molecule has 0 saturated carbocycles. The van der Waals surface area contributed by atoms with E-state index in [0.29, 0.717) is 44.2 Å². The molecule has 5 aromatic rings. The molecule has 0 fully saturated rings. The molecule has 1 spiro atoms. The fourth-order valence-corrected chi connectivity index (χ4v) is 6.88. The number of hydrogen-bond acceptors (Lipinski definition) is 7. The van der Waals surface area contributed by atoms with E-state index in [1.54, 1.807) is 11.3 Å². The van der Waals surface area contributed by atoms with Crippen molar-refractivity contribution < 1.29 is 19.4 Å². The molecule has 1 N–H and O–H groups in total. The maximum Gasteiger partial charge on any atom is 0.255 e. The van der Waals surface area contributed by atoms with Crippen LogP contribution in [0.25, 0.3) is 11.1 Å². The molecule has 7 rings (SSSR count). The standard InChI is InChI=1S/C38H35N3O4S/c1-26-39-33(25-46-26)24-41-23-32-11-6-5-10-31(32)22-38(37(41)43)35(29-14-12-28(13-15-29)27-8-3-2-4-9-27)45-36(40-38)30-16-18-34(19-17-30)44-21-7-20-42/h2-6,8-19,25,35,42H,7,20-24H2,1H3/t35-,38-/m0/s1. The van der Waals surface area contributed by atoms with Gasteiger partial charge in [0, 0.05) is 36.9 Å². The van der Waals surface area contributed by atoms with Crippen LogP contribution in [0.4, 0.5) is 0 Å². The van der Waals surface area contributed by atoms with Crippen LogP contribution in [-0.2, 0) is 29.0 Å². The van der Waals surface area contributed by atoms with Crippen molar-refractivity contribution in [2.75, 3.05) is 13.2 Å². The number of aliphatic hydroxyl groups is 1. The van der Waals surface area contributed by atoms with Gasteiger partial charge in [-0.2, -0.15) is 0 Å². The Balaban J connectivity index is 1.31. The lowest BCUT2D eigenvalue weighted by Gasteiger charge is -2.33. The van der Waals surface area contributed by atoms with Crippen LogP contribution in [0.2, 0.25) is 0 Å². The van der Waals surface area contributed by atoms with Crippen molar-refractivity contribution in [3.05, 3.63) is 141 Å². The van der Waals surface area contributed by atoms with E-state index in [4.69, 9.17) is 19.6 Å². The first kappa shape index (κ1) is 29.9. The quantitative estimate of drug-likeness (QED) is 0.179. The van der Waals surface area contributed by atoms with E-state index in [0.717, 1.165) is 44.1 Å². The number of aryl methyl sites for hydroxylation is 1. The highest BCUT2D eigenvalue weighted by Gasteiger charge is 2.56. The molecule has 0 saturated heterocycles. The zero-order valence-electron chi connectivity index (χ0n) is 25.6. The average Bonchev–Trinajstić information content (AvgIpc) is 3.66. The van der Waals surface area contributed by atoms with Crippen LogP contribution < -0.4 is 4.74 Å². The number of carbonyl (C=O) groups is 1. The monoisotopic (exact) mass is 629 g/mol. The molecule has 1 amide bonds. The Morgan fingerprint density at radius 1 is 0.913 bits per heavy atom. The fourth-order valence-electron chi connectivity index (χ4n) is 6.28. The number of amides is 1. The van der Waals surface area contributed by atoms with E-state index < -0.39 is 11.6 Å². The molecule has 4 aromatic carbocycles. The number of aliphatic hydroxyl groups excluding tert-OH is 1. The average molecular weight is 630 g/mol. The minimum atomic E-state index is -1.22. The van der Waals surface area contributed by atoms with Crippen LogP contribution in [0.1, 0.15) is 45.5 Å². The number of carbonyl (C=O) groups excluding carboxylic acids is 1. The van der Waals surface area contributed by atoms with Gasteiger partial charge in [-0.3, -0.25) is 4.79 Å². The number of aromatic nitrogens is 1. The van der Waals surface area contributed by atoms with E-state index in [9.17, 15) is 4.79 Å². The van der Waals surface area contributed by atoms with Crippen LogP contribution in [-0.4, -0.2) is 45.5 Å². The highest BCUT2D eigenvalue weighted by molar-refractivity contribution is 7.09. The molecule has 7 nitrogen and oxygen atoms in total. The summed E-state index contributed by atoms with van der Waals surface area (Å²) in [6, 6.07) is 34.3. The first-order chi connectivity index (χ1) is 22.5. The summed E-state index contributed by atoms with van der Waals surface area (Å²) in [7, 11) is 0. The van der Waals surface area contributed by atoms with Gasteiger partial charge in [-0.25, -0.2) is 9.98 Å². The van der Waals surface area contributed by atoms with Gasteiger partial charge in [-0.15, -0.1) is 11.3 Å². The summed E-state index contributed by atoms with van der Waals surface area (Å²) in [4.78, 5) is 26.8. The van der Waals surface area contributed by atoms with Crippen molar-refractivity contribution in [1.29, 1.82) is 0 Å². The Morgan fingerprint density at radius 3 is 2.33 bits per heavy atom. The lowest BCUT2D eigenvalue weighted by Crippen LogP contribution is -2.49. The second-order valence-electron chi connectivity index (χ2n) is 11.7. The predicted molar refractivity (Wildman–Crippen MR) is 180 cm³/mol. The predicted octanol–water partition coefficient (Wildman–Crippen LogP) is 6.92. The fraction of sp³-hybridized carbons (Fsp3) is 0.237. The third-order valence-electron chi connectivity index (χ3n) is 8.57. The number of nitrogens with zero attached hydrogens (tertiary/aromatic N) is 3. The van der Waals surface area contributed by atoms with Gasteiger partial charge < -0.3 is 19.5 Å². The van der Waals surface area contributed by atoms with Gasteiger partial charge in [0.25, 0.3) is 5.91 Å². The molecule has 3 heterocycles. The molecular formula is C38H35N3O4S. The molecule has 8 heteroatoms. The van der Waals surface area contributed by atoms with Crippen LogP contribution in [0.15, 0.2) is 114 Å². The Labute approximate surface area is 272 Å². The first-order valence-corrected chi connectivity index (χ1v) is 16.4. The molecule has 2 atom stereocenters. The summed E-state index contributed by atoms with van der Waals surface area (Å²) in [5.41, 5.74) is 5.70. The Morgan fingerprint density at radius 2 is 1.61 bits per heavy atom. The van der Waals surface area contributed by atoms with Crippen molar-refractivity contribution in [3.63, 3.8) is 0 Å². The number of ether oxygens (including phenoxy) is 2. The summed E-state index contributed by atoms with van der Waals surface area (Å²) in [6.45, 7) is 3.35. The minimum absolute atomic E-state index is 0.0782. The lowest BCUT2D eigenvalue weighted by atomic mass is 9.81. The van der Waals surface area contributed by atoms with Crippen molar-refractivity contribution in [2.24, 2.45) is 4.99 Å². The number of thiazole rings is 1. The van der Waals surface area contributed by atoms with E-state index in [2.05, 4.69) is 53.5 Å². The maximum atomic E-state index is 15.0. The molecular weight excluding hydrogens is 595 g/mol. The normalized spacial score (nSPS) is 19.0. The Bertz CT molecular complexity index is 1850. The zero-order valence-corrected chi connectivity index (χ0v) is 26.5. The van der Waals surface area contributed by atoms with Crippen LogP contribution in [0, 0.1) is 6.92 Å². The molecule has 1 aromatic heterocycles. The van der Waals surface area contributed by atoms with Gasteiger partial charge in [-0.1, -0.05) is 78.9 Å². The zero-order chi connectivity index (χ0) is 31.5. The minimum Gasteiger partial charge on any atom is -0.494 e. The molecule has 0 radical (unpaired) electrons. The summed E-state index contributed by atoms with van der Waals surface area (Å²) in [5.74, 6) is 1.05. The van der Waals surface area contributed by atoms with E-state index in [-0.39, 0.29) is 12.5 Å². The number of aliphatic imine (C=N–C) groups is 1. The van der Waals surface area contributed by atoms with Crippen molar-refractivity contribution in [3.8, 4) is 16.9 Å². The van der Waals surface area contributed by atoms with Gasteiger partial charge in [0.2, 0.25) is 5.90 Å². The van der Waals surface area contributed by atoms with Crippen LogP contribution in [0.5, 0.6) is 5.75 Å². The maximum absolute atomic E-state index is 15.0. The number of rotatable bonds is 9. The van der Waals surface area contributed by atoms with E-state index in [1.807, 2.05) is 71.8 Å². The van der Waals surface area contributed by atoms with Crippen molar-refractivity contribution >= 4 is 23.1 Å². The molecule has 0 unspecified atom stereocenters. The summed E-state index contributed by atoms with van der Waals surface area (Å²) in [5, 5.41) is 12.1. The third-order valence-corrected chi connectivity index (χ3v) is 9.40. The van der Waals surface area contributed by atoms with Crippen LogP contribution in [0.3, 0.4) is 0 Å². The van der Waals surface area contributed by atoms with E-state index >= 15 is 0 Å². The van der Waals surface area contributed by atoms with Gasteiger partial charge in [0.05, 0.1) is 23.9 Å². The highest BCUT2D eigenvalue weighted by atomic mass is 32.1. The Hall–Kier alpha value is -4.79. The Kier molecular flexibility index (Phi) is 8.39. The second-order valence-corrected chi connectivity index (χ2v) is 12.8. The lowest BCUT2D eigenvalue weighted by molar-refractivity contribution is -0.140. The topological polar surface area (TPSA) is 84.2 Å². The summed E-state index contributed by atoms with van der Waals surface area (Å²) < 4.78 is 12.5. The van der Waals surface area contributed by atoms with Crippen molar-refractivity contribution in [2.45, 2.75) is 44.5 Å².